The second-order valence-corrected chi connectivity index (χ2v) is 5.14. The Labute approximate surface area is 91.5 Å². The van der Waals surface area contributed by atoms with Crippen molar-refractivity contribution < 1.29 is 9.00 Å². The van der Waals surface area contributed by atoms with Gasteiger partial charge in [0.15, 0.2) is 0 Å². The molecule has 0 bridgehead atoms. The molecule has 15 heavy (non-hydrogen) atoms. The molecule has 0 radical (unpaired) electrons. The third kappa shape index (κ3) is 2.09. The van der Waals surface area contributed by atoms with Crippen molar-refractivity contribution in [2.24, 2.45) is 0 Å². The van der Waals surface area contributed by atoms with Gasteiger partial charge in [0, 0.05) is 30.7 Å². The Balaban J connectivity index is 2.38. The Bertz CT molecular complexity index is 417. The zero-order chi connectivity index (χ0) is 10.8. The van der Waals surface area contributed by atoms with Gasteiger partial charge in [-0.25, -0.2) is 0 Å². The Hall–Kier alpha value is -1.16. The van der Waals surface area contributed by atoms with Gasteiger partial charge in [-0.1, -0.05) is 18.2 Å². The maximum atomic E-state index is 11.8. The third-order valence-electron chi connectivity index (χ3n) is 2.57. The minimum absolute atomic E-state index is 0.0451. The molecule has 1 atom stereocenters. The van der Waals surface area contributed by atoms with Gasteiger partial charge >= 0.3 is 0 Å². The van der Waals surface area contributed by atoms with Gasteiger partial charge in [-0.3, -0.25) is 9.00 Å². The molecule has 1 aliphatic heterocycles. The lowest BCUT2D eigenvalue weighted by molar-refractivity contribution is -0.129. The average molecular weight is 223 g/mol. The lowest BCUT2D eigenvalue weighted by Crippen LogP contribution is -2.29. The molecular weight excluding hydrogens is 210 g/mol. The first-order valence-corrected chi connectivity index (χ1v) is 6.22. The van der Waals surface area contributed by atoms with Crippen molar-refractivity contribution in [1.82, 2.24) is 4.90 Å². The van der Waals surface area contributed by atoms with Crippen LogP contribution in [0, 0.1) is 0 Å². The number of hydrogen-bond acceptors (Lipinski definition) is 2. The van der Waals surface area contributed by atoms with Crippen molar-refractivity contribution in [3.63, 3.8) is 0 Å². The second-order valence-electron chi connectivity index (χ2n) is 3.60. The van der Waals surface area contributed by atoms with Gasteiger partial charge in [-0.15, -0.1) is 0 Å². The fourth-order valence-electron chi connectivity index (χ4n) is 1.71. The highest BCUT2D eigenvalue weighted by atomic mass is 32.2. The van der Waals surface area contributed by atoms with Crippen LogP contribution in [-0.4, -0.2) is 27.3 Å². The van der Waals surface area contributed by atoms with Gasteiger partial charge in [0.05, 0.1) is 10.8 Å². The van der Waals surface area contributed by atoms with E-state index in [-0.39, 0.29) is 5.91 Å². The number of fused-ring (bicyclic) bond motifs is 1. The zero-order valence-corrected chi connectivity index (χ0v) is 9.42. The summed E-state index contributed by atoms with van der Waals surface area (Å²) in [5.74, 6) is 0.583. The smallest absolute Gasteiger partial charge is 0.219 e. The molecule has 3 nitrogen and oxygen atoms in total. The Morgan fingerprint density at radius 1 is 1.40 bits per heavy atom. The van der Waals surface area contributed by atoms with Crippen LogP contribution in [0.4, 0.5) is 0 Å². The predicted molar refractivity (Wildman–Crippen MR) is 58.8 cm³/mol. The number of benzene rings is 1. The lowest BCUT2D eigenvalue weighted by Gasteiger charge is -2.17. The van der Waals surface area contributed by atoms with E-state index in [2.05, 4.69) is 0 Å². The summed E-state index contributed by atoms with van der Waals surface area (Å²) >= 11 is 0. The summed E-state index contributed by atoms with van der Waals surface area (Å²) in [4.78, 5) is 13.9. The van der Waals surface area contributed by atoms with E-state index in [1.54, 1.807) is 11.8 Å². The van der Waals surface area contributed by atoms with Crippen molar-refractivity contribution in [1.29, 1.82) is 0 Å². The number of nitrogens with zero attached hydrogens (tertiary/aromatic N) is 1. The molecule has 1 amide bonds. The summed E-state index contributed by atoms with van der Waals surface area (Å²) in [7, 11) is -0.964. The third-order valence-corrected chi connectivity index (χ3v) is 4.01. The van der Waals surface area contributed by atoms with Gasteiger partial charge in [0.1, 0.15) is 0 Å². The minimum atomic E-state index is -0.964. The van der Waals surface area contributed by atoms with Gasteiger partial charge in [0.2, 0.25) is 5.91 Å². The maximum Gasteiger partial charge on any atom is 0.219 e. The van der Waals surface area contributed by atoms with Crippen molar-refractivity contribution >= 4 is 16.7 Å². The number of carbonyl (C=O) groups excluding carboxylic acids is 1. The molecule has 0 N–H and O–H groups in total. The molecule has 1 heterocycles. The van der Waals surface area contributed by atoms with Crippen LogP contribution in [0.5, 0.6) is 0 Å². The van der Waals surface area contributed by atoms with Crippen LogP contribution in [-0.2, 0) is 22.1 Å². The molecule has 2 rings (SSSR count). The molecule has 0 aliphatic carbocycles. The standard InChI is InChI=1S/C11H13NO2S/c1-9(13)12-6-7-15(14)11-5-3-2-4-10(11)8-12/h2-5H,6-8H2,1H3/t15-/m0/s1. The zero-order valence-electron chi connectivity index (χ0n) is 8.60. The minimum Gasteiger partial charge on any atom is -0.338 e. The normalized spacial score (nSPS) is 20.6. The van der Waals surface area contributed by atoms with E-state index in [1.807, 2.05) is 24.3 Å². The highest BCUT2D eigenvalue weighted by Crippen LogP contribution is 2.19. The van der Waals surface area contributed by atoms with Crippen molar-refractivity contribution in [2.75, 3.05) is 12.3 Å². The second kappa shape index (κ2) is 4.14. The van der Waals surface area contributed by atoms with Crippen LogP contribution < -0.4 is 0 Å². The summed E-state index contributed by atoms with van der Waals surface area (Å²) < 4.78 is 11.8. The highest BCUT2D eigenvalue weighted by Gasteiger charge is 2.19. The van der Waals surface area contributed by atoms with E-state index in [1.165, 1.54) is 0 Å². The fourth-order valence-corrected chi connectivity index (χ4v) is 2.97. The largest absolute Gasteiger partial charge is 0.338 e. The lowest BCUT2D eigenvalue weighted by atomic mass is 10.2. The molecule has 0 spiro atoms. The van der Waals surface area contributed by atoms with Crippen LogP contribution in [0.1, 0.15) is 12.5 Å². The first-order chi connectivity index (χ1) is 7.18. The van der Waals surface area contributed by atoms with Crippen LogP contribution in [0.25, 0.3) is 0 Å². The Morgan fingerprint density at radius 3 is 2.87 bits per heavy atom. The molecule has 80 valence electrons. The number of amides is 1. The summed E-state index contributed by atoms with van der Waals surface area (Å²) in [5.41, 5.74) is 1.00. The van der Waals surface area contributed by atoms with E-state index in [0.717, 1.165) is 10.5 Å². The monoisotopic (exact) mass is 223 g/mol. The number of hydrogen-bond donors (Lipinski definition) is 0. The molecule has 0 saturated carbocycles. The summed E-state index contributed by atoms with van der Waals surface area (Å²) in [6.07, 6.45) is 0. The Morgan fingerprint density at radius 2 is 2.13 bits per heavy atom. The van der Waals surface area contributed by atoms with Crippen LogP contribution in [0.2, 0.25) is 0 Å². The van der Waals surface area contributed by atoms with Crippen molar-refractivity contribution in [2.45, 2.75) is 18.4 Å². The quantitative estimate of drug-likeness (QED) is 0.662. The average Bonchev–Trinajstić information content (AvgIpc) is 2.39. The van der Waals surface area contributed by atoms with E-state index in [4.69, 9.17) is 0 Å². The van der Waals surface area contributed by atoms with Gasteiger partial charge in [-0.05, 0) is 11.6 Å². The van der Waals surface area contributed by atoms with E-state index in [0.29, 0.717) is 18.8 Å². The van der Waals surface area contributed by atoms with E-state index < -0.39 is 10.8 Å². The molecule has 0 unspecified atom stereocenters. The molecule has 0 saturated heterocycles. The molecule has 1 aliphatic rings. The number of rotatable bonds is 0. The van der Waals surface area contributed by atoms with Crippen molar-refractivity contribution in [3.05, 3.63) is 29.8 Å². The first-order valence-electron chi connectivity index (χ1n) is 4.90. The Kier molecular flexibility index (Phi) is 2.86. The van der Waals surface area contributed by atoms with E-state index in [9.17, 15) is 9.00 Å². The highest BCUT2D eigenvalue weighted by molar-refractivity contribution is 7.85. The van der Waals surface area contributed by atoms with Crippen molar-refractivity contribution in [3.8, 4) is 0 Å². The molecular formula is C11H13NO2S. The summed E-state index contributed by atoms with van der Waals surface area (Å²) in [5, 5.41) is 0. The van der Waals surface area contributed by atoms with Gasteiger partial charge in [0.25, 0.3) is 0 Å². The van der Waals surface area contributed by atoms with Crippen LogP contribution >= 0.6 is 0 Å². The maximum absolute atomic E-state index is 11.8. The summed E-state index contributed by atoms with van der Waals surface area (Å²) in [6.45, 7) is 2.71. The van der Waals surface area contributed by atoms with Gasteiger partial charge < -0.3 is 4.90 Å². The van der Waals surface area contributed by atoms with Crippen LogP contribution in [0.3, 0.4) is 0 Å². The topological polar surface area (TPSA) is 37.4 Å². The molecule has 0 fully saturated rings. The predicted octanol–water partition coefficient (Wildman–Crippen LogP) is 1.16. The molecule has 4 heteroatoms. The summed E-state index contributed by atoms with van der Waals surface area (Å²) in [6, 6.07) is 7.63. The molecule has 0 aromatic heterocycles. The van der Waals surface area contributed by atoms with Gasteiger partial charge in [-0.2, -0.15) is 0 Å². The fraction of sp³-hybridized carbons (Fsp3) is 0.364. The molecule has 1 aromatic carbocycles. The molecule has 1 aromatic rings. The van der Waals surface area contributed by atoms with E-state index >= 15 is 0 Å². The number of carbonyl (C=O) groups is 1. The SMILES string of the molecule is CC(=O)N1CC[S@](=O)c2ccccc2C1. The van der Waals surface area contributed by atoms with Crippen LogP contribution in [0.15, 0.2) is 29.2 Å². The first kappa shape index (κ1) is 10.4.